The molecule has 0 aliphatic rings. The van der Waals surface area contributed by atoms with Gasteiger partial charge in [-0.3, -0.25) is 0 Å². The molecule has 6 nitrogen and oxygen atoms in total. The number of rotatable bonds is 4. The lowest BCUT2D eigenvalue weighted by molar-refractivity contribution is 0.448. The first-order valence-corrected chi connectivity index (χ1v) is 8.30. The van der Waals surface area contributed by atoms with Crippen LogP contribution in [0.2, 0.25) is 5.02 Å². The average molecular weight is 398 g/mol. The van der Waals surface area contributed by atoms with Gasteiger partial charge in [0.1, 0.15) is 5.82 Å². The second-order valence-electron chi connectivity index (χ2n) is 4.27. The molecule has 0 saturated carbocycles. The van der Waals surface area contributed by atoms with Gasteiger partial charge in [0.15, 0.2) is 4.60 Å². The molecule has 0 unspecified atom stereocenters. The van der Waals surface area contributed by atoms with E-state index in [9.17, 15) is 12.8 Å². The number of halogens is 3. The molecule has 0 fully saturated rings. The molecule has 0 radical (unpaired) electrons. The van der Waals surface area contributed by atoms with Gasteiger partial charge in [-0.1, -0.05) is 22.9 Å². The van der Waals surface area contributed by atoms with Crippen molar-refractivity contribution in [3.05, 3.63) is 39.2 Å². The first-order chi connectivity index (χ1) is 9.75. The van der Waals surface area contributed by atoms with Crippen molar-refractivity contribution in [1.29, 1.82) is 0 Å². The fourth-order valence-electron chi connectivity index (χ4n) is 1.74. The van der Waals surface area contributed by atoms with E-state index in [1.807, 2.05) is 0 Å². The van der Waals surface area contributed by atoms with Crippen LogP contribution >= 0.6 is 27.5 Å². The third kappa shape index (κ3) is 3.10. The van der Waals surface area contributed by atoms with E-state index < -0.39 is 15.8 Å². The molecule has 10 heteroatoms. The van der Waals surface area contributed by atoms with Gasteiger partial charge in [-0.2, -0.15) is 4.31 Å². The van der Waals surface area contributed by atoms with Crippen molar-refractivity contribution in [1.82, 2.24) is 19.3 Å². The molecule has 0 amide bonds. The molecular weight excluding hydrogens is 387 g/mol. The van der Waals surface area contributed by atoms with E-state index in [4.69, 9.17) is 11.6 Å². The third-order valence-corrected chi connectivity index (χ3v) is 5.88. The summed E-state index contributed by atoms with van der Waals surface area (Å²) in [5.74, 6) is -0.563. The summed E-state index contributed by atoms with van der Waals surface area (Å²) in [6.45, 7) is -0.203. The fourth-order valence-corrected chi connectivity index (χ4v) is 4.12. The highest BCUT2D eigenvalue weighted by Gasteiger charge is 2.29. The Hall–Kier alpha value is -1.03. The Kier molecular flexibility index (Phi) is 4.66. The molecule has 0 aliphatic carbocycles. The SMILES string of the molecule is CN(Cc1c(F)cccc1Cl)S(=O)(=O)c1c(Br)nnn1C. The second kappa shape index (κ2) is 5.99. The zero-order valence-electron chi connectivity index (χ0n) is 11.1. The average Bonchev–Trinajstić information content (AvgIpc) is 2.73. The van der Waals surface area contributed by atoms with Crippen LogP contribution in [0.5, 0.6) is 0 Å². The standard InChI is InChI=1S/C11H11BrClFN4O2S/c1-17(6-7-8(13)4-3-5-9(7)14)21(19,20)11-10(12)15-16-18(11)2/h3-5H,6H2,1-2H3. The van der Waals surface area contributed by atoms with Gasteiger partial charge in [-0.25, -0.2) is 17.5 Å². The van der Waals surface area contributed by atoms with Crippen LogP contribution in [0, 0.1) is 5.82 Å². The van der Waals surface area contributed by atoms with Crippen LogP contribution in [0.1, 0.15) is 5.56 Å². The van der Waals surface area contributed by atoms with Crippen LogP contribution in [0.4, 0.5) is 4.39 Å². The maximum Gasteiger partial charge on any atom is 0.263 e. The number of hydrogen-bond donors (Lipinski definition) is 0. The van der Waals surface area contributed by atoms with Crippen molar-refractivity contribution in [2.75, 3.05) is 7.05 Å². The summed E-state index contributed by atoms with van der Waals surface area (Å²) >= 11 is 8.95. The summed E-state index contributed by atoms with van der Waals surface area (Å²) in [4.78, 5) is 0. The van der Waals surface area contributed by atoms with Gasteiger partial charge in [0, 0.05) is 31.2 Å². The summed E-state index contributed by atoms with van der Waals surface area (Å²) in [7, 11) is -1.11. The molecule has 2 rings (SSSR count). The number of hydrogen-bond acceptors (Lipinski definition) is 4. The highest BCUT2D eigenvalue weighted by Crippen LogP contribution is 2.25. The van der Waals surface area contributed by atoms with Crippen LogP contribution in [0.15, 0.2) is 27.8 Å². The molecule has 0 aliphatic heterocycles. The van der Waals surface area contributed by atoms with Crippen LogP contribution in [-0.2, 0) is 23.6 Å². The van der Waals surface area contributed by atoms with E-state index >= 15 is 0 Å². The Morgan fingerprint density at radius 2 is 2.14 bits per heavy atom. The lowest BCUT2D eigenvalue weighted by Gasteiger charge is -2.18. The third-order valence-electron chi connectivity index (χ3n) is 2.83. The van der Waals surface area contributed by atoms with Crippen molar-refractivity contribution >= 4 is 37.6 Å². The van der Waals surface area contributed by atoms with Crippen LogP contribution in [0.25, 0.3) is 0 Å². The van der Waals surface area contributed by atoms with E-state index in [-0.39, 0.29) is 26.8 Å². The van der Waals surface area contributed by atoms with E-state index in [0.29, 0.717) is 0 Å². The summed E-state index contributed by atoms with van der Waals surface area (Å²) in [6.07, 6.45) is 0. The quantitative estimate of drug-likeness (QED) is 0.793. The Labute approximate surface area is 134 Å². The summed E-state index contributed by atoms with van der Waals surface area (Å²) in [5, 5.41) is 7.30. The molecule has 1 aromatic heterocycles. The van der Waals surface area contributed by atoms with E-state index in [1.54, 1.807) is 0 Å². The Bertz CT molecular complexity index is 741. The summed E-state index contributed by atoms with van der Waals surface area (Å²) < 4.78 is 40.9. The lowest BCUT2D eigenvalue weighted by Crippen LogP contribution is -2.29. The summed E-state index contributed by atoms with van der Waals surface area (Å²) in [6, 6.07) is 4.18. The number of nitrogens with zero attached hydrogens (tertiary/aromatic N) is 4. The molecule has 1 heterocycles. The minimum absolute atomic E-state index is 0.0940. The van der Waals surface area contributed by atoms with Crippen molar-refractivity contribution in [2.45, 2.75) is 11.6 Å². The predicted molar refractivity (Wildman–Crippen MR) is 78.8 cm³/mol. The largest absolute Gasteiger partial charge is 0.263 e. The van der Waals surface area contributed by atoms with Crippen molar-refractivity contribution in [2.24, 2.45) is 7.05 Å². The highest BCUT2D eigenvalue weighted by atomic mass is 79.9. The Morgan fingerprint density at radius 1 is 1.48 bits per heavy atom. The molecule has 1 aromatic carbocycles. The zero-order chi connectivity index (χ0) is 15.8. The van der Waals surface area contributed by atoms with Crippen LogP contribution < -0.4 is 0 Å². The normalized spacial score (nSPS) is 12.1. The molecule has 0 spiro atoms. The van der Waals surface area contributed by atoms with Gasteiger partial charge < -0.3 is 0 Å². The number of aromatic nitrogens is 3. The molecule has 0 N–H and O–H groups in total. The molecule has 0 bridgehead atoms. The van der Waals surface area contributed by atoms with Crippen molar-refractivity contribution in [3.63, 3.8) is 0 Å². The van der Waals surface area contributed by atoms with Gasteiger partial charge in [-0.15, -0.1) is 5.10 Å². The predicted octanol–water partition coefficient (Wildman–Crippen LogP) is 2.19. The van der Waals surface area contributed by atoms with Crippen LogP contribution in [-0.4, -0.2) is 34.8 Å². The van der Waals surface area contributed by atoms with Crippen molar-refractivity contribution in [3.8, 4) is 0 Å². The molecule has 0 atom stereocenters. The molecule has 114 valence electrons. The highest BCUT2D eigenvalue weighted by molar-refractivity contribution is 9.10. The maximum absolute atomic E-state index is 13.8. The fraction of sp³-hybridized carbons (Fsp3) is 0.273. The van der Waals surface area contributed by atoms with Gasteiger partial charge >= 0.3 is 0 Å². The van der Waals surface area contributed by atoms with Crippen molar-refractivity contribution < 1.29 is 12.8 Å². The Balaban J connectivity index is 2.38. The topological polar surface area (TPSA) is 68.1 Å². The maximum atomic E-state index is 13.8. The van der Waals surface area contributed by atoms with E-state index in [2.05, 4.69) is 26.2 Å². The summed E-state index contributed by atoms with van der Waals surface area (Å²) in [5.41, 5.74) is 0.108. The molecule has 21 heavy (non-hydrogen) atoms. The Morgan fingerprint density at radius 3 is 2.67 bits per heavy atom. The van der Waals surface area contributed by atoms with Gasteiger partial charge in [-0.05, 0) is 28.1 Å². The lowest BCUT2D eigenvalue weighted by atomic mass is 10.2. The minimum atomic E-state index is -3.89. The number of aryl methyl sites for hydroxylation is 1. The zero-order valence-corrected chi connectivity index (χ0v) is 14.2. The minimum Gasteiger partial charge on any atom is -0.235 e. The van der Waals surface area contributed by atoms with Gasteiger partial charge in [0.2, 0.25) is 5.03 Å². The second-order valence-corrected chi connectivity index (χ2v) is 7.39. The van der Waals surface area contributed by atoms with E-state index in [1.165, 1.54) is 32.3 Å². The molecule has 2 aromatic rings. The first kappa shape index (κ1) is 16.3. The number of benzene rings is 1. The molecule has 0 saturated heterocycles. The monoisotopic (exact) mass is 396 g/mol. The van der Waals surface area contributed by atoms with E-state index in [0.717, 1.165) is 8.99 Å². The smallest absolute Gasteiger partial charge is 0.235 e. The van der Waals surface area contributed by atoms with Gasteiger partial charge in [0.25, 0.3) is 10.0 Å². The number of sulfonamides is 1. The van der Waals surface area contributed by atoms with Gasteiger partial charge in [0.05, 0.1) is 0 Å². The first-order valence-electron chi connectivity index (χ1n) is 5.69. The van der Waals surface area contributed by atoms with Crippen LogP contribution in [0.3, 0.4) is 0 Å². The molecular formula is C11H11BrClFN4O2S.